The molecule has 4 heteroatoms. The van der Waals surface area contributed by atoms with E-state index in [9.17, 15) is 0 Å². The average Bonchev–Trinajstić information content (AvgIpc) is 2.52. The summed E-state index contributed by atoms with van der Waals surface area (Å²) in [5.41, 5.74) is 0. The molecular weight excluding hydrogens is 302 g/mol. The smallest absolute Gasteiger partial charge is 0.450 e. The van der Waals surface area contributed by atoms with Crippen molar-refractivity contribution >= 4 is 6.16 Å². The molecular formula is C20H44NO3+. The molecule has 4 nitrogen and oxygen atoms in total. The van der Waals surface area contributed by atoms with Gasteiger partial charge in [0.2, 0.25) is 0 Å². The summed E-state index contributed by atoms with van der Waals surface area (Å²) in [5.74, 6) is 0. The quantitative estimate of drug-likeness (QED) is 0.266. The molecule has 0 aliphatic carbocycles. The van der Waals surface area contributed by atoms with Gasteiger partial charge in [0.25, 0.3) is 0 Å². The molecule has 0 aromatic heterocycles. The van der Waals surface area contributed by atoms with E-state index in [0.29, 0.717) is 0 Å². The third-order valence-electron chi connectivity index (χ3n) is 4.65. The van der Waals surface area contributed by atoms with E-state index in [1.807, 2.05) is 0 Å². The van der Waals surface area contributed by atoms with Crippen LogP contribution in [0.15, 0.2) is 0 Å². The fourth-order valence-electron chi connectivity index (χ4n) is 3.10. The lowest BCUT2D eigenvalue weighted by Gasteiger charge is -2.35. The zero-order valence-corrected chi connectivity index (χ0v) is 16.9. The minimum atomic E-state index is -1.83. The fraction of sp³-hybridized carbons (Fsp3) is 0.950. The lowest BCUT2D eigenvalue weighted by atomic mass is 10.1. The second kappa shape index (κ2) is 18.6. The Morgan fingerprint density at radius 1 is 0.625 bits per heavy atom. The third-order valence-corrected chi connectivity index (χ3v) is 4.65. The molecule has 0 aliphatic rings. The highest BCUT2D eigenvalue weighted by molar-refractivity contribution is 5.53. The van der Waals surface area contributed by atoms with E-state index in [4.69, 9.17) is 15.0 Å². The molecule has 0 aliphatic heterocycles. The normalized spacial score (nSPS) is 11.0. The molecule has 146 valence electrons. The van der Waals surface area contributed by atoms with E-state index in [-0.39, 0.29) is 0 Å². The van der Waals surface area contributed by atoms with E-state index in [1.54, 1.807) is 0 Å². The molecule has 2 N–H and O–H groups in total. The lowest BCUT2D eigenvalue weighted by molar-refractivity contribution is -0.910. The number of carbonyl (C=O) groups is 1. The molecule has 0 spiro atoms. The Morgan fingerprint density at radius 2 is 0.875 bits per heavy atom. The van der Waals surface area contributed by atoms with Crippen molar-refractivity contribution in [3.8, 4) is 0 Å². The maximum Gasteiger partial charge on any atom is 0.503 e. The molecule has 0 atom stereocenters. The lowest BCUT2D eigenvalue weighted by Crippen LogP contribution is -2.46. The van der Waals surface area contributed by atoms with Gasteiger partial charge in [-0.25, -0.2) is 4.79 Å². The maximum atomic E-state index is 8.56. The predicted molar refractivity (Wildman–Crippen MR) is 104 cm³/mol. The molecule has 0 unspecified atom stereocenters. The van der Waals surface area contributed by atoms with Gasteiger partial charge >= 0.3 is 6.16 Å². The van der Waals surface area contributed by atoms with Crippen LogP contribution in [0.2, 0.25) is 0 Å². The van der Waals surface area contributed by atoms with Crippen molar-refractivity contribution in [2.45, 2.75) is 97.8 Å². The first-order valence-corrected chi connectivity index (χ1v) is 10.2. The van der Waals surface area contributed by atoms with Gasteiger partial charge in [-0.3, -0.25) is 0 Å². The first-order chi connectivity index (χ1) is 11.4. The van der Waals surface area contributed by atoms with Crippen molar-refractivity contribution in [3.63, 3.8) is 0 Å². The van der Waals surface area contributed by atoms with Crippen molar-refractivity contribution in [2.75, 3.05) is 26.7 Å². The Kier molecular flexibility index (Phi) is 19.7. The number of unbranched alkanes of at least 4 members (excludes halogenated alkanes) is 9. The molecule has 0 aromatic rings. The monoisotopic (exact) mass is 346 g/mol. The first kappa shape index (κ1) is 25.5. The summed E-state index contributed by atoms with van der Waals surface area (Å²) in [7, 11) is 2.52. The molecule has 0 rings (SSSR count). The van der Waals surface area contributed by atoms with Crippen LogP contribution in [0.5, 0.6) is 0 Å². The Balaban J connectivity index is 0. The zero-order chi connectivity index (χ0) is 18.7. The molecule has 0 radical (unpaired) electrons. The summed E-state index contributed by atoms with van der Waals surface area (Å²) in [6, 6.07) is 0. The largest absolute Gasteiger partial charge is 0.503 e. The number of nitrogens with zero attached hydrogens (tertiary/aromatic N) is 1. The second-order valence-electron chi connectivity index (χ2n) is 7.25. The first-order valence-electron chi connectivity index (χ1n) is 10.2. The van der Waals surface area contributed by atoms with E-state index in [2.05, 4.69) is 27.8 Å². The van der Waals surface area contributed by atoms with Gasteiger partial charge in [0.15, 0.2) is 0 Å². The van der Waals surface area contributed by atoms with Crippen LogP contribution in [0, 0.1) is 0 Å². The fourth-order valence-corrected chi connectivity index (χ4v) is 3.10. The van der Waals surface area contributed by atoms with Crippen molar-refractivity contribution in [2.24, 2.45) is 0 Å². The summed E-state index contributed by atoms with van der Waals surface area (Å²) >= 11 is 0. The van der Waals surface area contributed by atoms with Gasteiger partial charge in [0, 0.05) is 0 Å². The summed E-state index contributed by atoms with van der Waals surface area (Å²) in [5, 5.41) is 13.9. The zero-order valence-electron chi connectivity index (χ0n) is 16.9. The van der Waals surface area contributed by atoms with Crippen molar-refractivity contribution in [1.29, 1.82) is 0 Å². The van der Waals surface area contributed by atoms with Crippen molar-refractivity contribution in [3.05, 3.63) is 0 Å². The van der Waals surface area contributed by atoms with Gasteiger partial charge in [0.05, 0.1) is 26.7 Å². The van der Waals surface area contributed by atoms with Crippen molar-refractivity contribution in [1.82, 2.24) is 0 Å². The summed E-state index contributed by atoms with van der Waals surface area (Å²) < 4.78 is 1.34. The third kappa shape index (κ3) is 21.2. The van der Waals surface area contributed by atoms with E-state index in [1.165, 1.54) is 101 Å². The van der Waals surface area contributed by atoms with Crippen LogP contribution in [-0.4, -0.2) is 47.5 Å². The minimum absolute atomic E-state index is 1.34. The highest BCUT2D eigenvalue weighted by Gasteiger charge is 2.19. The number of carboxylic acid groups (broad SMARTS) is 2. The van der Waals surface area contributed by atoms with Crippen LogP contribution in [0.3, 0.4) is 0 Å². The molecule has 24 heavy (non-hydrogen) atoms. The topological polar surface area (TPSA) is 57.5 Å². The summed E-state index contributed by atoms with van der Waals surface area (Å²) in [6.45, 7) is 11.2. The molecule has 0 bridgehead atoms. The van der Waals surface area contributed by atoms with Crippen LogP contribution in [0.1, 0.15) is 97.8 Å². The van der Waals surface area contributed by atoms with E-state index >= 15 is 0 Å². The minimum Gasteiger partial charge on any atom is -0.450 e. The average molecular weight is 347 g/mol. The molecule has 0 aromatic carbocycles. The standard InChI is InChI=1S/C19H42N.CH2O3/c1-5-8-11-14-17-20(4,18-15-12-9-6-2)19-16-13-10-7-3;2-1(3)4/h5-19H2,1-4H3;(H2,2,3,4)/q+1;. The van der Waals surface area contributed by atoms with Crippen LogP contribution < -0.4 is 0 Å². The number of rotatable bonds is 15. The SMILES string of the molecule is CCCCCC[N+](C)(CCCCCC)CCCCCC.O=C(O)O. The highest BCUT2D eigenvalue weighted by Crippen LogP contribution is 2.14. The Labute approximate surface area is 150 Å². The van der Waals surface area contributed by atoms with Crippen LogP contribution in [0.4, 0.5) is 4.79 Å². The molecule has 0 heterocycles. The van der Waals surface area contributed by atoms with Gasteiger partial charge in [-0.2, -0.15) is 0 Å². The Morgan fingerprint density at radius 3 is 1.08 bits per heavy atom. The molecule has 0 saturated heterocycles. The van der Waals surface area contributed by atoms with E-state index in [0.717, 1.165) is 0 Å². The van der Waals surface area contributed by atoms with Crippen LogP contribution >= 0.6 is 0 Å². The number of quaternary nitrogens is 1. The predicted octanol–water partition coefficient (Wildman–Crippen LogP) is 6.40. The van der Waals surface area contributed by atoms with Gasteiger partial charge in [-0.05, 0) is 38.5 Å². The molecule has 0 amide bonds. The maximum absolute atomic E-state index is 8.56. The van der Waals surface area contributed by atoms with Crippen LogP contribution in [0.25, 0.3) is 0 Å². The molecule has 0 saturated carbocycles. The van der Waals surface area contributed by atoms with Gasteiger partial charge < -0.3 is 14.7 Å². The Hall–Kier alpha value is -0.770. The summed E-state index contributed by atoms with van der Waals surface area (Å²) in [4.78, 5) is 8.56. The van der Waals surface area contributed by atoms with Gasteiger partial charge in [-0.1, -0.05) is 59.3 Å². The van der Waals surface area contributed by atoms with Crippen LogP contribution in [-0.2, 0) is 0 Å². The second-order valence-corrected chi connectivity index (χ2v) is 7.25. The molecule has 0 fully saturated rings. The van der Waals surface area contributed by atoms with Crippen molar-refractivity contribution < 1.29 is 19.5 Å². The Bertz CT molecular complexity index is 234. The van der Waals surface area contributed by atoms with Gasteiger partial charge in [-0.15, -0.1) is 0 Å². The van der Waals surface area contributed by atoms with Gasteiger partial charge in [0.1, 0.15) is 0 Å². The number of hydrogen-bond acceptors (Lipinski definition) is 1. The number of hydrogen-bond donors (Lipinski definition) is 2. The van der Waals surface area contributed by atoms with E-state index < -0.39 is 6.16 Å². The highest BCUT2D eigenvalue weighted by atomic mass is 16.6. The summed E-state index contributed by atoms with van der Waals surface area (Å²) in [6.07, 6.45) is 15.1.